The summed E-state index contributed by atoms with van der Waals surface area (Å²) in [6, 6.07) is 5.81. The number of hydrogen-bond acceptors (Lipinski definition) is 2. The number of allylic oxidation sites excluding steroid dienone is 2. The van der Waals surface area contributed by atoms with Crippen LogP contribution in [0.25, 0.3) is 0 Å². The van der Waals surface area contributed by atoms with Crippen molar-refractivity contribution >= 4 is 5.78 Å². The Morgan fingerprint density at radius 1 is 1.33 bits per heavy atom. The Labute approximate surface area is 128 Å². The number of benzene rings is 1. The van der Waals surface area contributed by atoms with E-state index < -0.39 is 0 Å². The minimum absolute atomic E-state index is 0.120. The van der Waals surface area contributed by atoms with Crippen molar-refractivity contribution in [1.29, 1.82) is 0 Å². The van der Waals surface area contributed by atoms with Crippen LogP contribution in [0.2, 0.25) is 0 Å². The topological polar surface area (TPSA) is 26.3 Å². The van der Waals surface area contributed by atoms with Gasteiger partial charge in [0.15, 0.2) is 5.78 Å². The molecule has 0 bridgehead atoms. The Bertz CT molecular complexity index is 528. The lowest BCUT2D eigenvalue weighted by Crippen LogP contribution is -2.27. The highest BCUT2D eigenvalue weighted by Crippen LogP contribution is 2.32. The van der Waals surface area contributed by atoms with Crippen LogP contribution in [0.3, 0.4) is 0 Å². The number of ketones is 1. The molecule has 1 aromatic rings. The van der Waals surface area contributed by atoms with Gasteiger partial charge in [-0.15, -0.1) is 0 Å². The van der Waals surface area contributed by atoms with E-state index in [2.05, 4.69) is 32.9 Å². The minimum atomic E-state index is 0.120. The molecular formula is C19H26O2. The third kappa shape index (κ3) is 3.75. The van der Waals surface area contributed by atoms with Crippen LogP contribution in [-0.2, 0) is 6.42 Å². The maximum Gasteiger partial charge on any atom is 0.166 e. The number of Topliss-reactive ketones (excluding diaryl/α,β-unsaturated/α-hetero) is 1. The monoisotopic (exact) mass is 286 g/mol. The van der Waals surface area contributed by atoms with Gasteiger partial charge in [0, 0.05) is 11.5 Å². The van der Waals surface area contributed by atoms with Crippen molar-refractivity contribution in [3.05, 3.63) is 41.5 Å². The number of aryl methyl sites for hydroxylation is 1. The van der Waals surface area contributed by atoms with Gasteiger partial charge in [-0.25, -0.2) is 0 Å². The first-order valence-corrected chi connectivity index (χ1v) is 7.90. The standard InChI is InChI=1S/C19H26O2/c1-13(2)6-5-7-14(3)17-10-8-15-12-16(21-4)9-11-18(15)19(17)20/h5,7,9,11-14,17H,6,8,10H2,1-4H3/b7-5+/t14-,17-/m1/s1. The molecule has 0 N–H and O–H groups in total. The summed E-state index contributed by atoms with van der Waals surface area (Å²) in [5.41, 5.74) is 2.02. The van der Waals surface area contributed by atoms with Crippen molar-refractivity contribution in [2.24, 2.45) is 17.8 Å². The predicted octanol–water partition coefficient (Wildman–Crippen LogP) is 4.68. The van der Waals surface area contributed by atoms with Gasteiger partial charge in [0.1, 0.15) is 5.75 Å². The van der Waals surface area contributed by atoms with Crippen molar-refractivity contribution in [1.82, 2.24) is 0 Å². The lowest BCUT2D eigenvalue weighted by atomic mass is 9.76. The molecule has 0 saturated carbocycles. The summed E-state index contributed by atoms with van der Waals surface area (Å²) in [5, 5.41) is 0. The van der Waals surface area contributed by atoms with Crippen LogP contribution in [-0.4, -0.2) is 12.9 Å². The average molecular weight is 286 g/mol. The van der Waals surface area contributed by atoms with E-state index in [4.69, 9.17) is 4.74 Å². The van der Waals surface area contributed by atoms with Crippen LogP contribution in [0.1, 0.15) is 49.5 Å². The fraction of sp³-hybridized carbons (Fsp3) is 0.526. The molecule has 1 aliphatic rings. The zero-order valence-electron chi connectivity index (χ0n) is 13.6. The molecule has 2 heteroatoms. The fourth-order valence-electron chi connectivity index (χ4n) is 2.99. The molecule has 1 aliphatic carbocycles. The third-order valence-corrected chi connectivity index (χ3v) is 4.32. The highest BCUT2D eigenvalue weighted by atomic mass is 16.5. The highest BCUT2D eigenvalue weighted by molar-refractivity contribution is 6.00. The molecule has 0 aliphatic heterocycles. The smallest absolute Gasteiger partial charge is 0.166 e. The van der Waals surface area contributed by atoms with E-state index in [1.807, 2.05) is 18.2 Å². The molecule has 1 aromatic carbocycles. The number of methoxy groups -OCH3 is 1. The van der Waals surface area contributed by atoms with Crippen molar-refractivity contribution in [2.75, 3.05) is 7.11 Å². The lowest BCUT2D eigenvalue weighted by Gasteiger charge is -2.27. The molecular weight excluding hydrogens is 260 g/mol. The van der Waals surface area contributed by atoms with E-state index >= 15 is 0 Å². The predicted molar refractivity (Wildman–Crippen MR) is 86.9 cm³/mol. The molecule has 0 saturated heterocycles. The van der Waals surface area contributed by atoms with Gasteiger partial charge in [0.05, 0.1) is 7.11 Å². The van der Waals surface area contributed by atoms with Gasteiger partial charge in [-0.3, -0.25) is 4.79 Å². The summed E-state index contributed by atoms with van der Waals surface area (Å²) in [6.07, 6.45) is 7.43. The fourth-order valence-corrected chi connectivity index (χ4v) is 2.99. The van der Waals surface area contributed by atoms with Crippen molar-refractivity contribution in [3.8, 4) is 5.75 Å². The molecule has 0 unspecified atom stereocenters. The van der Waals surface area contributed by atoms with Gasteiger partial charge in [0.25, 0.3) is 0 Å². The van der Waals surface area contributed by atoms with E-state index in [-0.39, 0.29) is 5.92 Å². The Hall–Kier alpha value is -1.57. The number of carbonyl (C=O) groups is 1. The Morgan fingerprint density at radius 2 is 2.10 bits per heavy atom. The SMILES string of the molecule is COc1ccc2c(c1)CC[C@H]([C@H](C)/C=C/CC(C)C)C2=O. The van der Waals surface area contributed by atoms with Gasteiger partial charge in [-0.2, -0.15) is 0 Å². The van der Waals surface area contributed by atoms with Crippen LogP contribution in [0.15, 0.2) is 30.4 Å². The van der Waals surface area contributed by atoms with Crippen molar-refractivity contribution < 1.29 is 9.53 Å². The third-order valence-electron chi connectivity index (χ3n) is 4.32. The van der Waals surface area contributed by atoms with E-state index in [0.717, 1.165) is 36.1 Å². The van der Waals surface area contributed by atoms with Gasteiger partial charge in [-0.1, -0.05) is 32.9 Å². The summed E-state index contributed by atoms with van der Waals surface area (Å²) in [7, 11) is 1.66. The average Bonchev–Trinajstić information content (AvgIpc) is 2.46. The number of fused-ring (bicyclic) bond motifs is 1. The van der Waals surface area contributed by atoms with E-state index in [1.165, 1.54) is 0 Å². The first-order chi connectivity index (χ1) is 10.0. The van der Waals surface area contributed by atoms with Crippen LogP contribution < -0.4 is 4.74 Å². The van der Waals surface area contributed by atoms with Crippen LogP contribution >= 0.6 is 0 Å². The van der Waals surface area contributed by atoms with E-state index in [1.54, 1.807) is 7.11 Å². The van der Waals surface area contributed by atoms with Crippen LogP contribution in [0.4, 0.5) is 0 Å². The van der Waals surface area contributed by atoms with Gasteiger partial charge >= 0.3 is 0 Å². The van der Waals surface area contributed by atoms with Gasteiger partial charge in [-0.05, 0) is 54.9 Å². The van der Waals surface area contributed by atoms with E-state index in [9.17, 15) is 4.79 Å². The van der Waals surface area contributed by atoms with Crippen LogP contribution in [0.5, 0.6) is 5.75 Å². The van der Waals surface area contributed by atoms with E-state index in [0.29, 0.717) is 17.6 Å². The first-order valence-electron chi connectivity index (χ1n) is 7.90. The largest absolute Gasteiger partial charge is 0.497 e. The van der Waals surface area contributed by atoms with Crippen LogP contribution in [0, 0.1) is 17.8 Å². The molecule has 21 heavy (non-hydrogen) atoms. The van der Waals surface area contributed by atoms with Crippen molar-refractivity contribution in [3.63, 3.8) is 0 Å². The molecule has 2 atom stereocenters. The molecule has 0 heterocycles. The summed E-state index contributed by atoms with van der Waals surface area (Å²) >= 11 is 0. The molecule has 0 aromatic heterocycles. The molecule has 2 nitrogen and oxygen atoms in total. The van der Waals surface area contributed by atoms with Crippen molar-refractivity contribution in [2.45, 2.75) is 40.0 Å². The molecule has 114 valence electrons. The number of carbonyl (C=O) groups excluding carboxylic acids is 1. The van der Waals surface area contributed by atoms with Gasteiger partial charge < -0.3 is 4.74 Å². The summed E-state index contributed by atoms with van der Waals surface area (Å²) in [6.45, 7) is 6.59. The Kier molecular flexibility index (Phi) is 5.22. The quantitative estimate of drug-likeness (QED) is 0.735. The maximum absolute atomic E-state index is 12.7. The molecule has 0 fully saturated rings. The zero-order valence-corrected chi connectivity index (χ0v) is 13.6. The molecule has 0 radical (unpaired) electrons. The molecule has 0 spiro atoms. The maximum atomic E-state index is 12.7. The summed E-state index contributed by atoms with van der Waals surface area (Å²) < 4.78 is 5.24. The second kappa shape index (κ2) is 6.93. The number of hydrogen-bond donors (Lipinski definition) is 0. The number of ether oxygens (including phenoxy) is 1. The number of rotatable bonds is 5. The minimum Gasteiger partial charge on any atom is -0.497 e. The Balaban J connectivity index is 2.11. The second-order valence-corrected chi connectivity index (χ2v) is 6.45. The molecule has 0 amide bonds. The zero-order chi connectivity index (χ0) is 15.4. The highest BCUT2D eigenvalue weighted by Gasteiger charge is 2.30. The Morgan fingerprint density at radius 3 is 2.76 bits per heavy atom. The summed E-state index contributed by atoms with van der Waals surface area (Å²) in [5.74, 6) is 2.23. The van der Waals surface area contributed by atoms with Gasteiger partial charge in [0.2, 0.25) is 0 Å². The summed E-state index contributed by atoms with van der Waals surface area (Å²) in [4.78, 5) is 12.7. The first kappa shape index (κ1) is 15.8. The lowest BCUT2D eigenvalue weighted by molar-refractivity contribution is 0.0874. The molecule has 2 rings (SSSR count). The normalized spacial score (nSPS) is 19.9. The second-order valence-electron chi connectivity index (χ2n) is 6.45.